The Hall–Kier alpha value is -0.120. The zero-order valence-corrected chi connectivity index (χ0v) is 13.5. The van der Waals surface area contributed by atoms with E-state index in [9.17, 15) is 5.11 Å². The fourth-order valence-corrected chi connectivity index (χ4v) is 4.89. The summed E-state index contributed by atoms with van der Waals surface area (Å²) in [6, 6.07) is 1.21. The summed E-state index contributed by atoms with van der Waals surface area (Å²) in [5.41, 5.74) is 0.407. The predicted molar refractivity (Wildman–Crippen MR) is 82.8 cm³/mol. The summed E-state index contributed by atoms with van der Waals surface area (Å²) in [5.74, 6) is 0.833. The minimum atomic E-state index is -0.0964. The molecule has 116 valence electrons. The van der Waals surface area contributed by atoms with E-state index >= 15 is 0 Å². The average molecular weight is 280 g/mol. The smallest absolute Gasteiger partial charge is 0.0695 e. The Kier molecular flexibility index (Phi) is 4.13. The van der Waals surface area contributed by atoms with E-state index in [1.807, 2.05) is 0 Å². The molecule has 20 heavy (non-hydrogen) atoms. The molecule has 2 heterocycles. The number of nitrogens with zero attached hydrogens (tertiary/aromatic N) is 2. The van der Waals surface area contributed by atoms with E-state index in [1.54, 1.807) is 0 Å². The minimum Gasteiger partial charge on any atom is -0.391 e. The van der Waals surface area contributed by atoms with Crippen LogP contribution in [0.3, 0.4) is 0 Å². The van der Waals surface area contributed by atoms with E-state index in [2.05, 4.69) is 30.7 Å². The zero-order chi connectivity index (χ0) is 14.3. The molecule has 1 saturated carbocycles. The molecule has 3 fully saturated rings. The summed E-state index contributed by atoms with van der Waals surface area (Å²) < 4.78 is 0. The molecule has 2 aliphatic heterocycles. The van der Waals surface area contributed by atoms with Crippen LogP contribution in [0.2, 0.25) is 0 Å². The van der Waals surface area contributed by atoms with Gasteiger partial charge in [-0.3, -0.25) is 4.90 Å². The van der Waals surface area contributed by atoms with Gasteiger partial charge >= 0.3 is 0 Å². The Balaban J connectivity index is 1.66. The maximum absolute atomic E-state index is 10.4. The van der Waals surface area contributed by atoms with Gasteiger partial charge < -0.3 is 10.0 Å². The molecule has 2 saturated heterocycles. The molecule has 0 bridgehead atoms. The Labute approximate surface area is 124 Å². The van der Waals surface area contributed by atoms with Crippen molar-refractivity contribution >= 4 is 0 Å². The fraction of sp³-hybridized carbons (Fsp3) is 1.00. The number of hydrogen-bond acceptors (Lipinski definition) is 3. The van der Waals surface area contributed by atoms with Crippen LogP contribution in [0.5, 0.6) is 0 Å². The van der Waals surface area contributed by atoms with Crippen LogP contribution in [-0.2, 0) is 0 Å². The Morgan fingerprint density at radius 3 is 2.65 bits per heavy atom. The highest BCUT2D eigenvalue weighted by molar-refractivity contribution is 4.96. The largest absolute Gasteiger partial charge is 0.391 e. The molecule has 3 heteroatoms. The van der Waals surface area contributed by atoms with Crippen molar-refractivity contribution in [2.24, 2.45) is 11.3 Å². The van der Waals surface area contributed by atoms with Crippen molar-refractivity contribution in [1.82, 2.24) is 9.80 Å². The molecule has 0 aromatic rings. The van der Waals surface area contributed by atoms with Crippen LogP contribution in [-0.4, -0.2) is 59.8 Å². The third kappa shape index (κ3) is 2.90. The summed E-state index contributed by atoms with van der Waals surface area (Å²) in [6.07, 6.45) is 7.27. The molecule has 0 aromatic carbocycles. The number of likely N-dealkylation sites (tertiary alicyclic amines) is 2. The summed E-state index contributed by atoms with van der Waals surface area (Å²) in [7, 11) is 2.30. The Bertz CT molecular complexity index is 344. The molecule has 0 aromatic heterocycles. The summed E-state index contributed by atoms with van der Waals surface area (Å²) >= 11 is 0. The lowest BCUT2D eigenvalue weighted by Crippen LogP contribution is -2.58. The van der Waals surface area contributed by atoms with Crippen LogP contribution in [0.4, 0.5) is 0 Å². The molecule has 1 aliphatic carbocycles. The minimum absolute atomic E-state index is 0.0964. The van der Waals surface area contributed by atoms with Crippen LogP contribution in [0, 0.1) is 11.3 Å². The maximum atomic E-state index is 10.4. The fourth-order valence-electron chi connectivity index (χ4n) is 4.89. The number of hydrogen-bond donors (Lipinski definition) is 1. The van der Waals surface area contributed by atoms with Gasteiger partial charge in [0.15, 0.2) is 0 Å². The molecular weight excluding hydrogens is 248 g/mol. The first-order valence-electron chi connectivity index (χ1n) is 8.59. The van der Waals surface area contributed by atoms with Gasteiger partial charge in [-0.15, -0.1) is 0 Å². The number of aliphatic hydroxyl groups is 1. The van der Waals surface area contributed by atoms with Crippen molar-refractivity contribution in [3.05, 3.63) is 0 Å². The number of fused-ring (bicyclic) bond motifs is 1. The quantitative estimate of drug-likeness (QED) is 0.799. The van der Waals surface area contributed by atoms with Crippen LogP contribution in [0.15, 0.2) is 0 Å². The maximum Gasteiger partial charge on any atom is 0.0695 e. The van der Waals surface area contributed by atoms with E-state index in [-0.39, 0.29) is 6.10 Å². The number of aliphatic hydroxyl groups excluding tert-OH is 1. The van der Waals surface area contributed by atoms with Gasteiger partial charge in [-0.2, -0.15) is 0 Å². The predicted octanol–water partition coefficient (Wildman–Crippen LogP) is 2.34. The second kappa shape index (κ2) is 5.58. The monoisotopic (exact) mass is 280 g/mol. The van der Waals surface area contributed by atoms with Crippen molar-refractivity contribution < 1.29 is 5.11 Å². The summed E-state index contributed by atoms with van der Waals surface area (Å²) in [4.78, 5) is 5.21. The molecule has 3 rings (SSSR count). The molecule has 0 amide bonds. The second-order valence-corrected chi connectivity index (χ2v) is 8.28. The zero-order valence-electron chi connectivity index (χ0n) is 13.5. The normalized spacial score (nSPS) is 43.2. The molecule has 4 atom stereocenters. The van der Waals surface area contributed by atoms with Gasteiger partial charge in [0.2, 0.25) is 0 Å². The third-order valence-corrected chi connectivity index (χ3v) is 6.17. The number of rotatable bonds is 1. The van der Waals surface area contributed by atoms with Crippen LogP contribution in [0.1, 0.15) is 52.4 Å². The topological polar surface area (TPSA) is 26.7 Å². The summed E-state index contributed by atoms with van der Waals surface area (Å²) in [5, 5.41) is 10.4. The first-order valence-corrected chi connectivity index (χ1v) is 8.59. The van der Waals surface area contributed by atoms with E-state index in [0.29, 0.717) is 11.5 Å². The van der Waals surface area contributed by atoms with Crippen molar-refractivity contribution in [2.75, 3.05) is 26.7 Å². The standard InChI is InChI=1S/C17H32N2O/c1-17(2)8-6-16(20)15(11-17)19-10-7-14-13(12-19)5-4-9-18(14)3/h13-16,20H,4-12H2,1-3H3. The van der Waals surface area contributed by atoms with Crippen molar-refractivity contribution in [2.45, 2.75) is 70.6 Å². The first kappa shape index (κ1) is 14.8. The molecule has 0 spiro atoms. The van der Waals surface area contributed by atoms with Gasteiger partial charge in [-0.05, 0) is 63.5 Å². The highest BCUT2D eigenvalue weighted by Crippen LogP contribution is 2.39. The van der Waals surface area contributed by atoms with Gasteiger partial charge in [0, 0.05) is 25.2 Å². The molecule has 3 nitrogen and oxygen atoms in total. The van der Waals surface area contributed by atoms with Gasteiger partial charge in [0.25, 0.3) is 0 Å². The molecule has 4 unspecified atom stereocenters. The lowest BCUT2D eigenvalue weighted by molar-refractivity contribution is -0.0532. The third-order valence-electron chi connectivity index (χ3n) is 6.17. The van der Waals surface area contributed by atoms with Gasteiger partial charge in [-0.1, -0.05) is 13.8 Å². The highest BCUT2D eigenvalue weighted by Gasteiger charge is 2.41. The number of piperidine rings is 2. The lowest BCUT2D eigenvalue weighted by Gasteiger charge is -2.51. The van der Waals surface area contributed by atoms with Gasteiger partial charge in [0.05, 0.1) is 6.10 Å². The van der Waals surface area contributed by atoms with E-state index < -0.39 is 0 Å². The SMILES string of the molecule is CN1CCCC2CN(C3CC(C)(C)CCC3O)CCC21. The molecular formula is C17H32N2O. The van der Waals surface area contributed by atoms with Crippen LogP contribution in [0.25, 0.3) is 0 Å². The van der Waals surface area contributed by atoms with Crippen molar-refractivity contribution in [3.63, 3.8) is 0 Å². The second-order valence-electron chi connectivity index (χ2n) is 8.28. The van der Waals surface area contributed by atoms with E-state index in [4.69, 9.17) is 0 Å². The van der Waals surface area contributed by atoms with E-state index in [0.717, 1.165) is 18.4 Å². The van der Waals surface area contributed by atoms with Gasteiger partial charge in [0.1, 0.15) is 0 Å². The molecule has 3 aliphatic rings. The molecule has 0 radical (unpaired) electrons. The molecule has 1 N–H and O–H groups in total. The highest BCUT2D eigenvalue weighted by atomic mass is 16.3. The Morgan fingerprint density at radius 2 is 1.85 bits per heavy atom. The first-order chi connectivity index (χ1) is 9.46. The van der Waals surface area contributed by atoms with Crippen LogP contribution < -0.4 is 0 Å². The van der Waals surface area contributed by atoms with Gasteiger partial charge in [-0.25, -0.2) is 0 Å². The lowest BCUT2D eigenvalue weighted by atomic mass is 9.72. The average Bonchev–Trinajstić information content (AvgIpc) is 2.41. The van der Waals surface area contributed by atoms with E-state index in [1.165, 1.54) is 51.7 Å². The van der Waals surface area contributed by atoms with Crippen molar-refractivity contribution in [3.8, 4) is 0 Å². The summed E-state index contributed by atoms with van der Waals surface area (Å²) in [6.45, 7) is 8.41. The Morgan fingerprint density at radius 1 is 1.05 bits per heavy atom. The van der Waals surface area contributed by atoms with Crippen LogP contribution >= 0.6 is 0 Å². The van der Waals surface area contributed by atoms with Crippen molar-refractivity contribution in [1.29, 1.82) is 0 Å².